The van der Waals surface area contributed by atoms with Crippen molar-refractivity contribution >= 4 is 15.9 Å². The van der Waals surface area contributed by atoms with E-state index >= 15 is 0 Å². The van der Waals surface area contributed by atoms with Gasteiger partial charge in [0.15, 0.2) is 0 Å². The van der Waals surface area contributed by atoms with E-state index < -0.39 is 0 Å². The van der Waals surface area contributed by atoms with E-state index in [0.717, 1.165) is 21.3 Å². The van der Waals surface area contributed by atoms with Crippen LogP contribution < -0.4 is 4.74 Å². The van der Waals surface area contributed by atoms with Crippen LogP contribution in [0.3, 0.4) is 0 Å². The standard InChI is InChI=1S/C14H14BrNO2/c1-10-8-14(16-9-12(10)15)18-13-5-3-2-4-11(13)6-7-17/h2-5,8-9,17H,6-7H2,1H3. The van der Waals surface area contributed by atoms with Crippen molar-refractivity contribution in [3.05, 3.63) is 52.1 Å². The fourth-order valence-corrected chi connectivity index (χ4v) is 1.83. The van der Waals surface area contributed by atoms with E-state index in [4.69, 9.17) is 9.84 Å². The summed E-state index contributed by atoms with van der Waals surface area (Å²) in [4.78, 5) is 4.20. The molecular weight excluding hydrogens is 294 g/mol. The zero-order valence-corrected chi connectivity index (χ0v) is 11.6. The predicted octanol–water partition coefficient (Wildman–Crippen LogP) is 3.48. The maximum atomic E-state index is 9.01. The molecule has 0 aliphatic rings. The molecule has 0 radical (unpaired) electrons. The maximum Gasteiger partial charge on any atom is 0.219 e. The first kappa shape index (κ1) is 13.1. The fraction of sp³-hybridized carbons (Fsp3) is 0.214. The second-order valence-electron chi connectivity index (χ2n) is 3.96. The summed E-state index contributed by atoms with van der Waals surface area (Å²) in [5.41, 5.74) is 2.04. The van der Waals surface area contributed by atoms with Gasteiger partial charge in [-0.25, -0.2) is 4.98 Å². The second kappa shape index (κ2) is 5.98. The van der Waals surface area contributed by atoms with Crippen molar-refractivity contribution in [3.63, 3.8) is 0 Å². The Balaban J connectivity index is 2.25. The molecule has 2 rings (SSSR count). The van der Waals surface area contributed by atoms with Gasteiger partial charge in [-0.3, -0.25) is 0 Å². The summed E-state index contributed by atoms with van der Waals surface area (Å²) in [5, 5.41) is 9.01. The van der Waals surface area contributed by atoms with Gasteiger partial charge in [0.25, 0.3) is 0 Å². The molecule has 1 N–H and O–H groups in total. The van der Waals surface area contributed by atoms with Crippen molar-refractivity contribution < 1.29 is 9.84 Å². The number of aliphatic hydroxyl groups excluding tert-OH is 1. The zero-order chi connectivity index (χ0) is 13.0. The fourth-order valence-electron chi connectivity index (χ4n) is 1.61. The number of para-hydroxylation sites is 1. The quantitative estimate of drug-likeness (QED) is 0.940. The van der Waals surface area contributed by atoms with Crippen molar-refractivity contribution in [1.29, 1.82) is 0 Å². The Bertz CT molecular complexity index is 543. The predicted molar refractivity (Wildman–Crippen MR) is 74.0 cm³/mol. The first-order valence-corrected chi connectivity index (χ1v) is 6.49. The van der Waals surface area contributed by atoms with E-state index in [0.29, 0.717) is 12.3 Å². The van der Waals surface area contributed by atoms with Crippen molar-refractivity contribution in [2.45, 2.75) is 13.3 Å². The molecule has 1 aromatic carbocycles. The topological polar surface area (TPSA) is 42.4 Å². The summed E-state index contributed by atoms with van der Waals surface area (Å²) < 4.78 is 6.71. The van der Waals surface area contributed by atoms with E-state index in [1.807, 2.05) is 37.3 Å². The molecule has 1 heterocycles. The number of benzene rings is 1. The molecule has 0 aliphatic carbocycles. The first-order valence-electron chi connectivity index (χ1n) is 5.69. The molecule has 94 valence electrons. The minimum Gasteiger partial charge on any atom is -0.439 e. The van der Waals surface area contributed by atoms with Crippen molar-refractivity contribution in [2.24, 2.45) is 0 Å². The summed E-state index contributed by atoms with van der Waals surface area (Å²) in [6.45, 7) is 2.09. The molecule has 0 saturated heterocycles. The number of aryl methyl sites for hydroxylation is 1. The first-order chi connectivity index (χ1) is 8.70. The number of nitrogens with zero attached hydrogens (tertiary/aromatic N) is 1. The summed E-state index contributed by atoms with van der Waals surface area (Å²) in [5.74, 6) is 1.29. The SMILES string of the molecule is Cc1cc(Oc2ccccc2CCO)ncc1Br. The number of rotatable bonds is 4. The van der Waals surface area contributed by atoms with Gasteiger partial charge in [0.2, 0.25) is 5.88 Å². The normalized spacial score (nSPS) is 10.4. The molecule has 0 bridgehead atoms. The Morgan fingerprint density at radius 2 is 2.11 bits per heavy atom. The minimum atomic E-state index is 0.104. The third-order valence-electron chi connectivity index (χ3n) is 2.59. The lowest BCUT2D eigenvalue weighted by Gasteiger charge is -2.10. The Morgan fingerprint density at radius 1 is 1.33 bits per heavy atom. The average Bonchev–Trinajstić information content (AvgIpc) is 2.37. The Morgan fingerprint density at radius 3 is 2.83 bits per heavy atom. The lowest BCUT2D eigenvalue weighted by Crippen LogP contribution is -1.96. The highest BCUT2D eigenvalue weighted by atomic mass is 79.9. The number of halogens is 1. The van der Waals surface area contributed by atoms with Crippen molar-refractivity contribution in [3.8, 4) is 11.6 Å². The lowest BCUT2D eigenvalue weighted by atomic mass is 10.1. The molecule has 0 saturated carbocycles. The summed E-state index contributed by atoms with van der Waals surface area (Å²) in [7, 11) is 0. The molecule has 0 fully saturated rings. The van der Waals surface area contributed by atoms with Gasteiger partial charge in [0.1, 0.15) is 5.75 Å². The van der Waals surface area contributed by atoms with E-state index in [9.17, 15) is 0 Å². The van der Waals surface area contributed by atoms with E-state index in [1.165, 1.54) is 0 Å². The van der Waals surface area contributed by atoms with Gasteiger partial charge in [0, 0.05) is 23.3 Å². The van der Waals surface area contributed by atoms with Gasteiger partial charge >= 0.3 is 0 Å². The van der Waals surface area contributed by atoms with Crippen LogP contribution in [0.25, 0.3) is 0 Å². The monoisotopic (exact) mass is 307 g/mol. The number of aromatic nitrogens is 1. The number of pyridine rings is 1. The summed E-state index contributed by atoms with van der Waals surface area (Å²) >= 11 is 3.40. The smallest absolute Gasteiger partial charge is 0.219 e. The maximum absolute atomic E-state index is 9.01. The molecule has 4 heteroatoms. The highest BCUT2D eigenvalue weighted by Gasteiger charge is 2.06. The van der Waals surface area contributed by atoms with Crippen LogP contribution in [0.5, 0.6) is 11.6 Å². The second-order valence-corrected chi connectivity index (χ2v) is 4.81. The van der Waals surface area contributed by atoms with Crippen LogP contribution in [0.15, 0.2) is 41.0 Å². The van der Waals surface area contributed by atoms with Gasteiger partial charge in [0.05, 0.1) is 0 Å². The highest BCUT2D eigenvalue weighted by Crippen LogP contribution is 2.26. The molecule has 0 spiro atoms. The van der Waals surface area contributed by atoms with E-state index in [-0.39, 0.29) is 6.61 Å². The van der Waals surface area contributed by atoms with Crippen LogP contribution in [0.2, 0.25) is 0 Å². The van der Waals surface area contributed by atoms with Gasteiger partial charge in [-0.2, -0.15) is 0 Å². The Kier molecular flexibility index (Phi) is 4.33. The molecule has 0 aliphatic heterocycles. The third kappa shape index (κ3) is 3.09. The van der Waals surface area contributed by atoms with Crippen LogP contribution in [0.4, 0.5) is 0 Å². The lowest BCUT2D eigenvalue weighted by molar-refractivity contribution is 0.297. The van der Waals surface area contributed by atoms with Crippen LogP contribution in [0, 0.1) is 6.92 Å². The Labute approximate surface area is 115 Å². The van der Waals surface area contributed by atoms with Crippen LogP contribution >= 0.6 is 15.9 Å². The van der Waals surface area contributed by atoms with Gasteiger partial charge < -0.3 is 9.84 Å². The summed E-state index contributed by atoms with van der Waals surface area (Å²) in [6, 6.07) is 9.53. The van der Waals surface area contributed by atoms with Gasteiger partial charge in [-0.15, -0.1) is 0 Å². The molecule has 18 heavy (non-hydrogen) atoms. The number of hydrogen-bond donors (Lipinski definition) is 1. The van der Waals surface area contributed by atoms with Gasteiger partial charge in [-0.05, 0) is 46.5 Å². The molecule has 0 amide bonds. The number of hydrogen-bond acceptors (Lipinski definition) is 3. The van der Waals surface area contributed by atoms with E-state index in [2.05, 4.69) is 20.9 Å². The zero-order valence-electron chi connectivity index (χ0n) is 10.1. The average molecular weight is 308 g/mol. The van der Waals surface area contributed by atoms with Crippen molar-refractivity contribution in [1.82, 2.24) is 4.98 Å². The number of aliphatic hydroxyl groups is 1. The molecule has 0 atom stereocenters. The molecule has 3 nitrogen and oxygen atoms in total. The van der Waals surface area contributed by atoms with Gasteiger partial charge in [-0.1, -0.05) is 18.2 Å². The largest absolute Gasteiger partial charge is 0.439 e. The molecule has 1 aromatic heterocycles. The van der Waals surface area contributed by atoms with Crippen LogP contribution in [-0.2, 0) is 6.42 Å². The van der Waals surface area contributed by atoms with Crippen LogP contribution in [-0.4, -0.2) is 16.7 Å². The Hall–Kier alpha value is -1.39. The summed E-state index contributed by atoms with van der Waals surface area (Å²) in [6.07, 6.45) is 2.30. The van der Waals surface area contributed by atoms with Crippen molar-refractivity contribution in [2.75, 3.05) is 6.61 Å². The molecule has 0 unspecified atom stereocenters. The van der Waals surface area contributed by atoms with Crippen LogP contribution in [0.1, 0.15) is 11.1 Å². The minimum absolute atomic E-state index is 0.104. The third-order valence-corrected chi connectivity index (χ3v) is 3.42. The number of ether oxygens (including phenoxy) is 1. The molecular formula is C14H14BrNO2. The highest BCUT2D eigenvalue weighted by molar-refractivity contribution is 9.10. The van der Waals surface area contributed by atoms with E-state index in [1.54, 1.807) is 6.20 Å². The molecule has 2 aromatic rings.